The Hall–Kier alpha value is -3.23. The van der Waals surface area contributed by atoms with Crippen LogP contribution in [-0.2, 0) is 6.54 Å². The standard InChI is InChI=1S/C23H23ClFN5O2/c24-17-4-2-1-3-15(17)11-27-19-7-8-30(23(32)16(19)10-26)21-9-22(28-12-18(21)25)29-20(13-31)14-5-6-14/h1-4,7-10,12,14,20,26-27,31H,5-6,11,13H2,(H,28,29)/t20-/m1/s1. The summed E-state index contributed by atoms with van der Waals surface area (Å²) in [5.74, 6) is 0.0694. The number of aliphatic hydroxyl groups excluding tert-OH is 1. The van der Waals surface area contributed by atoms with Crippen molar-refractivity contribution in [1.29, 1.82) is 5.41 Å². The van der Waals surface area contributed by atoms with Crippen molar-refractivity contribution in [1.82, 2.24) is 9.55 Å². The molecule has 32 heavy (non-hydrogen) atoms. The van der Waals surface area contributed by atoms with Gasteiger partial charge in [0, 0.05) is 30.0 Å². The monoisotopic (exact) mass is 455 g/mol. The third-order valence-electron chi connectivity index (χ3n) is 5.52. The summed E-state index contributed by atoms with van der Waals surface area (Å²) in [7, 11) is 0. The fourth-order valence-electron chi connectivity index (χ4n) is 3.56. The molecular weight excluding hydrogens is 433 g/mol. The topological polar surface area (TPSA) is 103 Å². The Labute approximate surface area is 189 Å². The molecule has 166 valence electrons. The van der Waals surface area contributed by atoms with Gasteiger partial charge in [-0.15, -0.1) is 0 Å². The van der Waals surface area contributed by atoms with Gasteiger partial charge in [-0.1, -0.05) is 29.8 Å². The largest absolute Gasteiger partial charge is 0.394 e. The maximum Gasteiger partial charge on any atom is 0.266 e. The molecule has 0 bridgehead atoms. The van der Waals surface area contributed by atoms with E-state index < -0.39 is 11.4 Å². The second kappa shape index (κ2) is 9.50. The molecule has 1 aliphatic rings. The summed E-state index contributed by atoms with van der Waals surface area (Å²) in [6, 6.07) is 10.2. The molecule has 4 rings (SSSR count). The molecule has 0 spiro atoms. The van der Waals surface area contributed by atoms with Crippen molar-refractivity contribution < 1.29 is 9.50 Å². The van der Waals surface area contributed by atoms with Gasteiger partial charge in [-0.25, -0.2) is 9.37 Å². The molecule has 2 aromatic heterocycles. The third kappa shape index (κ3) is 4.66. The number of hydrogen-bond acceptors (Lipinski definition) is 6. The molecule has 3 aromatic rings. The van der Waals surface area contributed by atoms with Crippen molar-refractivity contribution in [2.45, 2.75) is 25.4 Å². The number of nitrogens with one attached hydrogen (secondary N) is 3. The lowest BCUT2D eigenvalue weighted by Crippen LogP contribution is -2.27. The molecule has 4 N–H and O–H groups in total. The van der Waals surface area contributed by atoms with Crippen LogP contribution >= 0.6 is 11.6 Å². The molecule has 2 heterocycles. The van der Waals surface area contributed by atoms with E-state index in [1.807, 2.05) is 18.2 Å². The van der Waals surface area contributed by atoms with E-state index in [1.165, 1.54) is 12.3 Å². The molecule has 0 radical (unpaired) electrons. The zero-order valence-corrected chi connectivity index (χ0v) is 17.9. The first-order valence-electron chi connectivity index (χ1n) is 10.3. The van der Waals surface area contributed by atoms with Gasteiger partial charge in [-0.2, -0.15) is 0 Å². The smallest absolute Gasteiger partial charge is 0.266 e. The highest BCUT2D eigenvalue weighted by Crippen LogP contribution is 2.34. The first kappa shape index (κ1) is 22.0. The van der Waals surface area contributed by atoms with Gasteiger partial charge in [-0.05, 0) is 36.5 Å². The van der Waals surface area contributed by atoms with Crippen LogP contribution in [-0.4, -0.2) is 33.5 Å². The summed E-state index contributed by atoms with van der Waals surface area (Å²) in [4.78, 5) is 17.1. The average molecular weight is 456 g/mol. The summed E-state index contributed by atoms with van der Waals surface area (Å²) in [5, 5.41) is 24.1. The molecule has 7 nitrogen and oxygen atoms in total. The van der Waals surface area contributed by atoms with Crippen LogP contribution in [0.1, 0.15) is 24.0 Å². The normalized spacial score (nSPS) is 14.1. The molecule has 0 amide bonds. The minimum atomic E-state index is -0.669. The van der Waals surface area contributed by atoms with E-state index in [0.29, 0.717) is 29.0 Å². The van der Waals surface area contributed by atoms with Crippen molar-refractivity contribution in [2.24, 2.45) is 5.92 Å². The molecular formula is C23H23ClFN5O2. The van der Waals surface area contributed by atoms with Crippen molar-refractivity contribution in [3.05, 3.63) is 81.1 Å². The quantitative estimate of drug-likeness (QED) is 0.367. The van der Waals surface area contributed by atoms with Crippen LogP contribution in [0, 0.1) is 17.1 Å². The fraction of sp³-hybridized carbons (Fsp3) is 0.261. The highest BCUT2D eigenvalue weighted by molar-refractivity contribution is 6.31. The predicted molar refractivity (Wildman–Crippen MR) is 124 cm³/mol. The zero-order valence-electron chi connectivity index (χ0n) is 17.2. The minimum absolute atomic E-state index is 0.0146. The second-order valence-electron chi connectivity index (χ2n) is 7.70. The van der Waals surface area contributed by atoms with E-state index >= 15 is 0 Å². The summed E-state index contributed by atoms with van der Waals surface area (Å²) in [5.41, 5.74) is 0.862. The van der Waals surface area contributed by atoms with Gasteiger partial charge < -0.3 is 21.1 Å². The molecule has 1 atom stereocenters. The van der Waals surface area contributed by atoms with Crippen LogP contribution in [0.2, 0.25) is 5.02 Å². The van der Waals surface area contributed by atoms with Gasteiger partial charge in [0.2, 0.25) is 0 Å². The van der Waals surface area contributed by atoms with Crippen molar-refractivity contribution in [2.75, 3.05) is 17.2 Å². The Morgan fingerprint density at radius 2 is 2.12 bits per heavy atom. The molecule has 0 unspecified atom stereocenters. The summed E-state index contributed by atoms with van der Waals surface area (Å²) >= 11 is 6.18. The Kier molecular flexibility index (Phi) is 6.53. The fourth-order valence-corrected chi connectivity index (χ4v) is 3.76. The Bertz CT molecular complexity index is 1200. The van der Waals surface area contributed by atoms with Gasteiger partial charge in [0.1, 0.15) is 5.82 Å². The Balaban J connectivity index is 1.63. The number of anilines is 2. The van der Waals surface area contributed by atoms with Gasteiger partial charge in [0.05, 0.1) is 35.8 Å². The highest BCUT2D eigenvalue weighted by atomic mass is 35.5. The highest BCUT2D eigenvalue weighted by Gasteiger charge is 2.31. The molecule has 1 saturated carbocycles. The average Bonchev–Trinajstić information content (AvgIpc) is 3.64. The number of aromatic nitrogens is 2. The lowest BCUT2D eigenvalue weighted by molar-refractivity contribution is 0.263. The van der Waals surface area contributed by atoms with E-state index in [9.17, 15) is 14.3 Å². The number of rotatable bonds is 9. The van der Waals surface area contributed by atoms with E-state index in [-0.39, 0.29) is 23.9 Å². The number of pyridine rings is 2. The second-order valence-corrected chi connectivity index (χ2v) is 8.11. The van der Waals surface area contributed by atoms with Gasteiger partial charge >= 0.3 is 0 Å². The lowest BCUT2D eigenvalue weighted by atomic mass is 10.2. The summed E-state index contributed by atoms with van der Waals surface area (Å²) < 4.78 is 15.7. The number of halogens is 2. The Morgan fingerprint density at radius 3 is 2.81 bits per heavy atom. The summed E-state index contributed by atoms with van der Waals surface area (Å²) in [6.07, 6.45) is 5.49. The van der Waals surface area contributed by atoms with Crippen LogP contribution in [0.3, 0.4) is 0 Å². The van der Waals surface area contributed by atoms with Crippen LogP contribution in [0.4, 0.5) is 15.9 Å². The Morgan fingerprint density at radius 1 is 1.34 bits per heavy atom. The zero-order chi connectivity index (χ0) is 22.7. The van der Waals surface area contributed by atoms with Crippen LogP contribution in [0.15, 0.2) is 53.6 Å². The molecule has 0 saturated heterocycles. The van der Waals surface area contributed by atoms with Crippen LogP contribution in [0.5, 0.6) is 0 Å². The molecule has 1 aromatic carbocycles. The van der Waals surface area contributed by atoms with Crippen molar-refractivity contribution in [3.63, 3.8) is 0 Å². The maximum atomic E-state index is 14.6. The number of hydrogen-bond donors (Lipinski definition) is 4. The SMILES string of the molecule is N=Cc1c(NCc2ccccc2Cl)ccn(-c2cc(N[C@H](CO)C3CC3)ncc2F)c1=O. The van der Waals surface area contributed by atoms with E-state index in [1.54, 1.807) is 12.1 Å². The molecule has 9 heteroatoms. The summed E-state index contributed by atoms with van der Waals surface area (Å²) in [6.45, 7) is 0.314. The first-order chi connectivity index (χ1) is 15.5. The number of nitrogens with zero attached hydrogens (tertiary/aromatic N) is 2. The molecule has 0 aliphatic heterocycles. The van der Waals surface area contributed by atoms with Gasteiger partial charge in [-0.3, -0.25) is 9.36 Å². The lowest BCUT2D eigenvalue weighted by Gasteiger charge is -2.18. The van der Waals surface area contributed by atoms with Crippen LogP contribution < -0.4 is 16.2 Å². The van der Waals surface area contributed by atoms with Gasteiger partial charge in [0.25, 0.3) is 5.56 Å². The third-order valence-corrected chi connectivity index (χ3v) is 5.89. The maximum absolute atomic E-state index is 14.6. The minimum Gasteiger partial charge on any atom is -0.394 e. The number of benzene rings is 1. The van der Waals surface area contributed by atoms with E-state index in [0.717, 1.165) is 35.4 Å². The predicted octanol–water partition coefficient (Wildman–Crippen LogP) is 3.82. The molecule has 1 aliphatic carbocycles. The van der Waals surface area contributed by atoms with E-state index in [4.69, 9.17) is 17.0 Å². The number of aliphatic hydroxyl groups is 1. The first-order valence-corrected chi connectivity index (χ1v) is 10.7. The van der Waals surface area contributed by atoms with Crippen molar-refractivity contribution in [3.8, 4) is 5.69 Å². The van der Waals surface area contributed by atoms with Crippen molar-refractivity contribution >= 4 is 29.3 Å². The van der Waals surface area contributed by atoms with E-state index in [2.05, 4.69) is 15.6 Å². The van der Waals surface area contributed by atoms with Crippen LogP contribution in [0.25, 0.3) is 5.69 Å². The molecule has 1 fully saturated rings. The van der Waals surface area contributed by atoms with Gasteiger partial charge in [0.15, 0.2) is 5.82 Å².